The monoisotopic (exact) mass is 268 g/mol. The van der Waals surface area contributed by atoms with Gasteiger partial charge in [-0.2, -0.15) is 0 Å². The van der Waals surface area contributed by atoms with Gasteiger partial charge in [0.05, 0.1) is 5.92 Å². The quantitative estimate of drug-likeness (QED) is 0.823. The van der Waals surface area contributed by atoms with Gasteiger partial charge in [0.25, 0.3) is 0 Å². The maximum atomic E-state index is 12.1. The summed E-state index contributed by atoms with van der Waals surface area (Å²) in [4.78, 5) is 24.9. The second-order valence-electron chi connectivity index (χ2n) is 5.88. The molecule has 2 N–H and O–H groups in total. The first-order valence-corrected chi connectivity index (χ1v) is 7.36. The molecule has 1 saturated carbocycles. The van der Waals surface area contributed by atoms with E-state index in [-0.39, 0.29) is 17.9 Å². The number of aliphatic carboxylic acids is 1. The molecular formula is C14H24N2O3. The Morgan fingerprint density at radius 2 is 1.74 bits per heavy atom. The van der Waals surface area contributed by atoms with Crippen LogP contribution in [-0.4, -0.2) is 41.1 Å². The minimum Gasteiger partial charge on any atom is -0.481 e. The molecule has 2 aliphatic rings. The van der Waals surface area contributed by atoms with E-state index in [2.05, 4.69) is 5.32 Å². The topological polar surface area (TPSA) is 69.6 Å². The highest BCUT2D eigenvalue weighted by Gasteiger charge is 2.30. The summed E-state index contributed by atoms with van der Waals surface area (Å²) in [6.45, 7) is 3.13. The number of carbonyl (C=O) groups is 2. The molecule has 0 spiro atoms. The second kappa shape index (κ2) is 6.26. The number of piperidine rings is 1. The van der Waals surface area contributed by atoms with Crippen molar-refractivity contribution in [3.8, 4) is 0 Å². The van der Waals surface area contributed by atoms with Crippen LogP contribution in [-0.2, 0) is 4.79 Å². The zero-order chi connectivity index (χ0) is 13.8. The third-order valence-corrected chi connectivity index (χ3v) is 4.61. The number of hydrogen-bond acceptors (Lipinski definition) is 2. The van der Waals surface area contributed by atoms with E-state index in [0.29, 0.717) is 19.1 Å². The summed E-state index contributed by atoms with van der Waals surface area (Å²) in [7, 11) is 0. The first-order valence-electron chi connectivity index (χ1n) is 7.36. The van der Waals surface area contributed by atoms with Gasteiger partial charge in [-0.3, -0.25) is 4.79 Å². The van der Waals surface area contributed by atoms with Gasteiger partial charge in [0.15, 0.2) is 0 Å². The average molecular weight is 268 g/mol. The number of likely N-dealkylation sites (tertiary alicyclic amines) is 1. The zero-order valence-corrected chi connectivity index (χ0v) is 11.6. The zero-order valence-electron chi connectivity index (χ0n) is 11.6. The van der Waals surface area contributed by atoms with E-state index in [0.717, 1.165) is 25.7 Å². The molecule has 108 valence electrons. The normalized spacial score (nSPS) is 23.3. The van der Waals surface area contributed by atoms with Crippen LogP contribution < -0.4 is 5.32 Å². The van der Waals surface area contributed by atoms with Crippen molar-refractivity contribution < 1.29 is 14.7 Å². The largest absolute Gasteiger partial charge is 0.481 e. The smallest absolute Gasteiger partial charge is 0.317 e. The maximum absolute atomic E-state index is 12.1. The van der Waals surface area contributed by atoms with Gasteiger partial charge in [0, 0.05) is 19.1 Å². The summed E-state index contributed by atoms with van der Waals surface area (Å²) in [6, 6.07) is 0.386. The van der Waals surface area contributed by atoms with E-state index in [1.54, 1.807) is 6.92 Å². The van der Waals surface area contributed by atoms with Crippen LogP contribution in [0.3, 0.4) is 0 Å². The molecule has 2 rings (SSSR count). The van der Waals surface area contributed by atoms with Gasteiger partial charge in [-0.1, -0.05) is 19.8 Å². The molecule has 19 heavy (non-hydrogen) atoms. The SMILES string of the molecule is CC(C(=O)O)C1CCN(C(=O)NC2CCCC2)CC1. The van der Waals surface area contributed by atoms with Crippen molar-refractivity contribution in [1.82, 2.24) is 10.2 Å². The number of urea groups is 1. The summed E-state index contributed by atoms with van der Waals surface area (Å²) < 4.78 is 0. The fraction of sp³-hybridized carbons (Fsp3) is 0.857. The molecule has 1 heterocycles. The molecule has 1 aliphatic carbocycles. The Morgan fingerprint density at radius 3 is 2.26 bits per heavy atom. The van der Waals surface area contributed by atoms with Crippen LogP contribution >= 0.6 is 0 Å². The molecule has 1 atom stereocenters. The highest BCUT2D eigenvalue weighted by Crippen LogP contribution is 2.25. The van der Waals surface area contributed by atoms with Crippen LogP contribution in [0.4, 0.5) is 4.79 Å². The van der Waals surface area contributed by atoms with Gasteiger partial charge in [-0.25, -0.2) is 4.79 Å². The molecule has 2 fully saturated rings. The molecule has 2 amide bonds. The second-order valence-corrected chi connectivity index (χ2v) is 5.88. The van der Waals surface area contributed by atoms with Crippen molar-refractivity contribution in [2.75, 3.05) is 13.1 Å². The predicted octanol–water partition coefficient (Wildman–Crippen LogP) is 2.07. The number of amides is 2. The van der Waals surface area contributed by atoms with E-state index >= 15 is 0 Å². The Labute approximate surface area is 114 Å². The average Bonchev–Trinajstić information content (AvgIpc) is 2.90. The van der Waals surface area contributed by atoms with Gasteiger partial charge in [0.1, 0.15) is 0 Å². The minimum absolute atomic E-state index is 0.0355. The molecule has 0 aromatic rings. The van der Waals surface area contributed by atoms with Crippen molar-refractivity contribution in [2.45, 2.75) is 51.5 Å². The van der Waals surface area contributed by atoms with Crippen molar-refractivity contribution in [2.24, 2.45) is 11.8 Å². The van der Waals surface area contributed by atoms with E-state index in [1.165, 1.54) is 12.8 Å². The molecule has 0 aromatic carbocycles. The van der Waals surface area contributed by atoms with Crippen molar-refractivity contribution in [1.29, 1.82) is 0 Å². The number of carboxylic acids is 1. The molecular weight excluding hydrogens is 244 g/mol. The highest BCUT2D eigenvalue weighted by molar-refractivity contribution is 5.74. The lowest BCUT2D eigenvalue weighted by atomic mass is 9.85. The molecule has 5 heteroatoms. The number of rotatable bonds is 3. The predicted molar refractivity (Wildman–Crippen MR) is 71.9 cm³/mol. The molecule has 0 bridgehead atoms. The fourth-order valence-corrected chi connectivity index (χ4v) is 3.14. The number of carboxylic acid groups (broad SMARTS) is 1. The van der Waals surface area contributed by atoms with Crippen LogP contribution in [0.25, 0.3) is 0 Å². The van der Waals surface area contributed by atoms with Crippen molar-refractivity contribution >= 4 is 12.0 Å². The first kappa shape index (κ1) is 14.2. The van der Waals surface area contributed by atoms with Crippen LogP contribution in [0.5, 0.6) is 0 Å². The number of hydrogen-bond donors (Lipinski definition) is 2. The van der Waals surface area contributed by atoms with Gasteiger partial charge >= 0.3 is 12.0 Å². The number of carbonyl (C=O) groups excluding carboxylic acids is 1. The lowest BCUT2D eigenvalue weighted by Crippen LogP contribution is -2.48. The van der Waals surface area contributed by atoms with Crippen LogP contribution in [0.15, 0.2) is 0 Å². The third-order valence-electron chi connectivity index (χ3n) is 4.61. The van der Waals surface area contributed by atoms with E-state index in [4.69, 9.17) is 5.11 Å². The first-order chi connectivity index (χ1) is 9.08. The molecule has 1 saturated heterocycles. The molecule has 0 aromatic heterocycles. The Bertz CT molecular complexity index is 332. The van der Waals surface area contributed by atoms with Crippen LogP contribution in [0, 0.1) is 11.8 Å². The Morgan fingerprint density at radius 1 is 1.16 bits per heavy atom. The maximum Gasteiger partial charge on any atom is 0.317 e. The Kier molecular flexibility index (Phi) is 4.66. The number of nitrogens with one attached hydrogen (secondary N) is 1. The van der Waals surface area contributed by atoms with Gasteiger partial charge in [-0.05, 0) is 31.6 Å². The van der Waals surface area contributed by atoms with E-state index < -0.39 is 5.97 Å². The Balaban J connectivity index is 1.76. The summed E-state index contributed by atoms with van der Waals surface area (Å²) in [5, 5.41) is 12.1. The van der Waals surface area contributed by atoms with E-state index in [9.17, 15) is 9.59 Å². The van der Waals surface area contributed by atoms with Crippen LogP contribution in [0.1, 0.15) is 45.4 Å². The molecule has 1 aliphatic heterocycles. The summed E-state index contributed by atoms with van der Waals surface area (Å²) in [5.41, 5.74) is 0. The van der Waals surface area contributed by atoms with Gasteiger partial charge < -0.3 is 15.3 Å². The molecule has 1 unspecified atom stereocenters. The van der Waals surface area contributed by atoms with Crippen LogP contribution in [0.2, 0.25) is 0 Å². The highest BCUT2D eigenvalue weighted by atomic mass is 16.4. The fourth-order valence-electron chi connectivity index (χ4n) is 3.14. The lowest BCUT2D eigenvalue weighted by molar-refractivity contribution is -0.143. The summed E-state index contributed by atoms with van der Waals surface area (Å²) in [5.74, 6) is -0.832. The third kappa shape index (κ3) is 3.61. The molecule has 5 nitrogen and oxygen atoms in total. The van der Waals surface area contributed by atoms with Gasteiger partial charge in [-0.15, -0.1) is 0 Å². The minimum atomic E-state index is -0.728. The number of nitrogens with zero attached hydrogens (tertiary/aromatic N) is 1. The standard InChI is InChI=1S/C14H24N2O3/c1-10(13(17)18)11-6-8-16(9-7-11)14(19)15-12-4-2-3-5-12/h10-12H,2-9H2,1H3,(H,15,19)(H,17,18). The summed E-state index contributed by atoms with van der Waals surface area (Å²) >= 11 is 0. The van der Waals surface area contributed by atoms with Crippen molar-refractivity contribution in [3.63, 3.8) is 0 Å². The van der Waals surface area contributed by atoms with Gasteiger partial charge in [0.2, 0.25) is 0 Å². The summed E-state index contributed by atoms with van der Waals surface area (Å²) in [6.07, 6.45) is 6.21. The lowest BCUT2D eigenvalue weighted by Gasteiger charge is -2.34. The van der Waals surface area contributed by atoms with Crippen molar-refractivity contribution in [3.05, 3.63) is 0 Å². The van der Waals surface area contributed by atoms with E-state index in [1.807, 2.05) is 4.90 Å². The molecule has 0 radical (unpaired) electrons. The Hall–Kier alpha value is -1.26.